The molecule has 22 heavy (non-hydrogen) atoms. The highest BCUT2D eigenvalue weighted by Gasteiger charge is 2.24. The van der Waals surface area contributed by atoms with Crippen molar-refractivity contribution in [3.63, 3.8) is 0 Å². The molecule has 1 atom stereocenters. The largest absolute Gasteiger partial charge is 0.381 e. The van der Waals surface area contributed by atoms with Crippen molar-refractivity contribution in [2.24, 2.45) is 11.7 Å². The predicted octanol–water partition coefficient (Wildman–Crippen LogP) is 2.57. The predicted molar refractivity (Wildman–Crippen MR) is 88.3 cm³/mol. The third-order valence-corrected chi connectivity index (χ3v) is 4.26. The third kappa shape index (κ3) is 5.11. The van der Waals surface area contributed by atoms with Gasteiger partial charge < -0.3 is 15.4 Å². The highest BCUT2D eigenvalue weighted by atomic mass is 16.5. The molecular weight excluding hydrogens is 276 g/mol. The normalized spacial score (nSPS) is 17.2. The molecule has 1 unspecified atom stereocenters. The van der Waals surface area contributed by atoms with Crippen LogP contribution < -0.4 is 5.73 Å². The van der Waals surface area contributed by atoms with E-state index in [9.17, 15) is 4.79 Å². The summed E-state index contributed by atoms with van der Waals surface area (Å²) in [7, 11) is 0. The van der Waals surface area contributed by atoms with E-state index in [2.05, 4.69) is 19.1 Å². The molecule has 4 heteroatoms. The zero-order chi connectivity index (χ0) is 15.8. The highest BCUT2D eigenvalue weighted by Crippen LogP contribution is 2.18. The molecule has 4 nitrogen and oxygen atoms in total. The number of benzene rings is 1. The van der Waals surface area contributed by atoms with Gasteiger partial charge in [-0.15, -0.1) is 0 Å². The summed E-state index contributed by atoms with van der Waals surface area (Å²) in [6.07, 6.45) is 3.74. The lowest BCUT2D eigenvalue weighted by Crippen LogP contribution is -2.45. The van der Waals surface area contributed by atoms with E-state index < -0.39 is 0 Å². The summed E-state index contributed by atoms with van der Waals surface area (Å²) in [5.74, 6) is 0.604. The van der Waals surface area contributed by atoms with Crippen molar-refractivity contribution in [1.29, 1.82) is 0 Å². The van der Waals surface area contributed by atoms with Crippen molar-refractivity contribution in [3.05, 3.63) is 35.9 Å². The molecule has 1 aromatic rings. The van der Waals surface area contributed by atoms with E-state index in [-0.39, 0.29) is 11.9 Å². The maximum Gasteiger partial charge on any atom is 0.239 e. The first-order valence-electron chi connectivity index (χ1n) is 8.36. The average molecular weight is 304 g/mol. The number of hydrogen-bond donors (Lipinski definition) is 1. The lowest BCUT2D eigenvalue weighted by Gasteiger charge is -2.31. The van der Waals surface area contributed by atoms with Gasteiger partial charge in [-0.05, 0) is 30.7 Å². The molecule has 2 rings (SSSR count). The fourth-order valence-corrected chi connectivity index (χ4v) is 2.95. The van der Waals surface area contributed by atoms with Crippen LogP contribution in [0.4, 0.5) is 0 Å². The van der Waals surface area contributed by atoms with Crippen LogP contribution in [0.15, 0.2) is 30.3 Å². The number of ether oxygens (including phenoxy) is 1. The minimum Gasteiger partial charge on any atom is -0.381 e. The number of rotatable bonds is 7. The van der Waals surface area contributed by atoms with Crippen LogP contribution in [0.3, 0.4) is 0 Å². The maximum absolute atomic E-state index is 12.7. The Morgan fingerprint density at radius 1 is 1.32 bits per heavy atom. The number of nitrogens with two attached hydrogens (primary N) is 1. The van der Waals surface area contributed by atoms with Crippen LogP contribution in [-0.2, 0) is 16.1 Å². The van der Waals surface area contributed by atoms with E-state index in [4.69, 9.17) is 10.5 Å². The van der Waals surface area contributed by atoms with Crippen LogP contribution in [0, 0.1) is 5.92 Å². The minimum absolute atomic E-state index is 0.0807. The van der Waals surface area contributed by atoms with Crippen molar-refractivity contribution in [2.75, 3.05) is 19.8 Å². The molecule has 2 N–H and O–H groups in total. The van der Waals surface area contributed by atoms with Gasteiger partial charge in [0.25, 0.3) is 0 Å². The Morgan fingerprint density at radius 3 is 2.64 bits per heavy atom. The molecule has 0 radical (unpaired) electrons. The zero-order valence-electron chi connectivity index (χ0n) is 13.5. The Morgan fingerprint density at radius 2 is 2.00 bits per heavy atom. The minimum atomic E-state index is -0.381. The zero-order valence-corrected chi connectivity index (χ0v) is 13.5. The summed E-state index contributed by atoms with van der Waals surface area (Å²) in [4.78, 5) is 14.6. The van der Waals surface area contributed by atoms with E-state index in [1.807, 2.05) is 23.1 Å². The summed E-state index contributed by atoms with van der Waals surface area (Å²) < 4.78 is 5.42. The van der Waals surface area contributed by atoms with Gasteiger partial charge in [-0.3, -0.25) is 4.79 Å². The van der Waals surface area contributed by atoms with E-state index in [0.717, 1.165) is 51.0 Å². The number of hydrogen-bond acceptors (Lipinski definition) is 3. The molecule has 0 aromatic heterocycles. The molecule has 0 bridgehead atoms. The topological polar surface area (TPSA) is 55.6 Å². The van der Waals surface area contributed by atoms with Crippen LogP contribution >= 0.6 is 0 Å². The second kappa shape index (κ2) is 8.91. The van der Waals surface area contributed by atoms with Crippen molar-refractivity contribution in [3.8, 4) is 0 Å². The van der Waals surface area contributed by atoms with Gasteiger partial charge in [-0.25, -0.2) is 0 Å². The van der Waals surface area contributed by atoms with Gasteiger partial charge in [0.15, 0.2) is 0 Å². The van der Waals surface area contributed by atoms with Crippen molar-refractivity contribution < 1.29 is 9.53 Å². The Bertz CT molecular complexity index is 444. The van der Waals surface area contributed by atoms with Crippen LogP contribution in [0.5, 0.6) is 0 Å². The first-order chi connectivity index (χ1) is 10.7. The molecule has 1 aliphatic rings. The summed E-state index contributed by atoms with van der Waals surface area (Å²) in [5.41, 5.74) is 7.23. The van der Waals surface area contributed by atoms with Gasteiger partial charge in [0, 0.05) is 26.3 Å². The van der Waals surface area contributed by atoms with Crippen LogP contribution in [0.1, 0.15) is 38.2 Å². The van der Waals surface area contributed by atoms with Gasteiger partial charge in [0.1, 0.15) is 0 Å². The second-order valence-corrected chi connectivity index (χ2v) is 6.16. The number of nitrogens with zero attached hydrogens (tertiary/aromatic N) is 1. The first kappa shape index (κ1) is 17.0. The molecule has 1 fully saturated rings. The summed E-state index contributed by atoms with van der Waals surface area (Å²) >= 11 is 0. The summed E-state index contributed by atoms with van der Waals surface area (Å²) in [6, 6.07) is 9.77. The summed E-state index contributed by atoms with van der Waals surface area (Å²) in [6.45, 7) is 5.11. The molecule has 1 aromatic carbocycles. The van der Waals surface area contributed by atoms with Crippen molar-refractivity contribution in [1.82, 2.24) is 4.90 Å². The first-order valence-corrected chi connectivity index (χ1v) is 8.36. The molecule has 1 saturated heterocycles. The standard InChI is InChI=1S/C18H28N2O2/c1-2-6-17(19)18(21)20(13-15-7-4-3-5-8-15)14-16-9-11-22-12-10-16/h3-5,7-8,16-17H,2,6,9-14,19H2,1H3. The number of carbonyl (C=O) groups is 1. The monoisotopic (exact) mass is 304 g/mol. The maximum atomic E-state index is 12.7. The SMILES string of the molecule is CCCC(N)C(=O)N(Cc1ccccc1)CC1CCOCC1. The fourth-order valence-electron chi connectivity index (χ4n) is 2.95. The van der Waals surface area contributed by atoms with Crippen LogP contribution in [-0.4, -0.2) is 36.6 Å². The smallest absolute Gasteiger partial charge is 0.239 e. The molecule has 0 spiro atoms. The molecule has 122 valence electrons. The number of amides is 1. The quantitative estimate of drug-likeness (QED) is 0.842. The van der Waals surface area contributed by atoms with Gasteiger partial charge in [-0.1, -0.05) is 43.7 Å². The summed E-state index contributed by atoms with van der Waals surface area (Å²) in [5, 5.41) is 0. The molecule has 1 heterocycles. The second-order valence-electron chi connectivity index (χ2n) is 6.16. The molecule has 0 aliphatic carbocycles. The van der Waals surface area contributed by atoms with Crippen molar-refractivity contribution >= 4 is 5.91 Å². The Hall–Kier alpha value is -1.39. The van der Waals surface area contributed by atoms with E-state index in [0.29, 0.717) is 12.5 Å². The van der Waals surface area contributed by atoms with Crippen molar-refractivity contribution in [2.45, 2.75) is 45.2 Å². The van der Waals surface area contributed by atoms with Gasteiger partial charge in [-0.2, -0.15) is 0 Å². The van der Waals surface area contributed by atoms with Gasteiger partial charge >= 0.3 is 0 Å². The Kier molecular flexibility index (Phi) is 6.87. The number of carbonyl (C=O) groups excluding carboxylic acids is 1. The Balaban J connectivity index is 2.03. The molecule has 1 amide bonds. The van der Waals surface area contributed by atoms with Crippen LogP contribution in [0.2, 0.25) is 0 Å². The Labute approximate surface area is 133 Å². The highest BCUT2D eigenvalue weighted by molar-refractivity contribution is 5.81. The third-order valence-electron chi connectivity index (χ3n) is 4.26. The van der Waals surface area contributed by atoms with Gasteiger partial charge in [0.05, 0.1) is 6.04 Å². The van der Waals surface area contributed by atoms with E-state index in [1.54, 1.807) is 0 Å². The molecular formula is C18H28N2O2. The van der Waals surface area contributed by atoms with E-state index in [1.165, 1.54) is 0 Å². The average Bonchev–Trinajstić information content (AvgIpc) is 2.56. The van der Waals surface area contributed by atoms with E-state index >= 15 is 0 Å². The molecule has 1 aliphatic heterocycles. The van der Waals surface area contributed by atoms with Crippen LogP contribution in [0.25, 0.3) is 0 Å². The van der Waals surface area contributed by atoms with Gasteiger partial charge in [0.2, 0.25) is 5.91 Å². The molecule has 0 saturated carbocycles. The lowest BCUT2D eigenvalue weighted by molar-refractivity contribution is -0.134. The fraction of sp³-hybridized carbons (Fsp3) is 0.611. The lowest BCUT2D eigenvalue weighted by atomic mass is 9.98.